The summed E-state index contributed by atoms with van der Waals surface area (Å²) in [6, 6.07) is 4.63. The fourth-order valence-corrected chi connectivity index (χ4v) is 1.76. The van der Waals surface area contributed by atoms with Gasteiger partial charge in [0.1, 0.15) is 23.5 Å². The zero-order chi connectivity index (χ0) is 16.0. The highest BCUT2D eigenvalue weighted by Gasteiger charge is 2.16. The first-order valence-corrected chi connectivity index (χ1v) is 7.11. The molecule has 1 aromatic carbocycles. The van der Waals surface area contributed by atoms with Crippen LogP contribution in [0.25, 0.3) is 0 Å². The number of ether oxygens (including phenoxy) is 2. The van der Waals surface area contributed by atoms with E-state index in [0.29, 0.717) is 4.47 Å². The van der Waals surface area contributed by atoms with Crippen molar-refractivity contribution in [2.24, 2.45) is 0 Å². The van der Waals surface area contributed by atoms with Gasteiger partial charge in [0.25, 0.3) is 0 Å². The second-order valence-electron chi connectivity index (χ2n) is 5.22. The maximum Gasteiger partial charge on any atom is 0.407 e. The molecule has 7 heteroatoms. The Morgan fingerprint density at radius 2 is 2.00 bits per heavy atom. The maximum atomic E-state index is 11.4. The molecule has 0 saturated carbocycles. The molecule has 0 saturated heterocycles. The van der Waals surface area contributed by atoms with Crippen LogP contribution in [0.5, 0.6) is 5.75 Å². The van der Waals surface area contributed by atoms with Gasteiger partial charge < -0.3 is 19.9 Å². The van der Waals surface area contributed by atoms with Crippen molar-refractivity contribution in [1.29, 1.82) is 0 Å². The Labute approximate surface area is 131 Å². The molecule has 0 fully saturated rings. The predicted molar refractivity (Wildman–Crippen MR) is 80.8 cm³/mol. The largest absolute Gasteiger partial charge is 0.491 e. The number of alkyl carbamates (subject to hydrolysis) is 1. The van der Waals surface area contributed by atoms with Gasteiger partial charge in [0, 0.05) is 4.47 Å². The molecule has 1 rings (SSSR count). The number of carboxylic acids is 1. The third-order valence-corrected chi connectivity index (χ3v) is 2.70. The van der Waals surface area contributed by atoms with Gasteiger partial charge in [-0.3, -0.25) is 0 Å². The first-order valence-electron chi connectivity index (χ1n) is 6.31. The Morgan fingerprint density at radius 3 is 2.57 bits per heavy atom. The molecule has 0 aromatic heterocycles. The molecule has 0 atom stereocenters. The molecule has 116 valence electrons. The molecule has 0 spiro atoms. The normalized spacial score (nSPS) is 10.9. The summed E-state index contributed by atoms with van der Waals surface area (Å²) in [4.78, 5) is 22.5. The molecular formula is C14H18BrNO5. The molecule has 0 aliphatic heterocycles. The third-order valence-electron chi connectivity index (χ3n) is 2.20. The van der Waals surface area contributed by atoms with E-state index in [9.17, 15) is 9.59 Å². The van der Waals surface area contributed by atoms with Crippen LogP contribution in [-0.4, -0.2) is 35.9 Å². The summed E-state index contributed by atoms with van der Waals surface area (Å²) in [5.41, 5.74) is -0.499. The van der Waals surface area contributed by atoms with Gasteiger partial charge in [0.2, 0.25) is 0 Å². The Bertz CT molecular complexity index is 525. The van der Waals surface area contributed by atoms with Crippen LogP contribution >= 0.6 is 15.9 Å². The van der Waals surface area contributed by atoms with E-state index >= 15 is 0 Å². The summed E-state index contributed by atoms with van der Waals surface area (Å²) in [5, 5.41) is 11.6. The van der Waals surface area contributed by atoms with Crippen molar-refractivity contribution in [3.63, 3.8) is 0 Å². The number of carbonyl (C=O) groups excluding carboxylic acids is 1. The van der Waals surface area contributed by atoms with Crippen molar-refractivity contribution in [3.05, 3.63) is 28.2 Å². The van der Waals surface area contributed by atoms with Crippen LogP contribution in [0.3, 0.4) is 0 Å². The van der Waals surface area contributed by atoms with Crippen LogP contribution < -0.4 is 10.1 Å². The zero-order valence-electron chi connectivity index (χ0n) is 12.1. The monoisotopic (exact) mass is 359 g/mol. The first-order chi connectivity index (χ1) is 9.69. The number of hydrogen-bond acceptors (Lipinski definition) is 4. The van der Waals surface area contributed by atoms with E-state index in [1.165, 1.54) is 6.07 Å². The molecular weight excluding hydrogens is 342 g/mol. The highest BCUT2D eigenvalue weighted by Crippen LogP contribution is 2.23. The lowest BCUT2D eigenvalue weighted by atomic mass is 10.2. The van der Waals surface area contributed by atoms with Crippen molar-refractivity contribution in [1.82, 2.24) is 5.32 Å². The highest BCUT2D eigenvalue weighted by molar-refractivity contribution is 9.10. The fourth-order valence-electron chi connectivity index (χ4n) is 1.42. The topological polar surface area (TPSA) is 84.9 Å². The van der Waals surface area contributed by atoms with E-state index in [2.05, 4.69) is 21.2 Å². The number of rotatable bonds is 5. The highest BCUT2D eigenvalue weighted by atomic mass is 79.9. The van der Waals surface area contributed by atoms with E-state index in [0.717, 1.165) is 0 Å². The lowest BCUT2D eigenvalue weighted by Gasteiger charge is -2.19. The number of nitrogens with one attached hydrogen (secondary N) is 1. The van der Waals surface area contributed by atoms with Crippen molar-refractivity contribution >= 4 is 28.0 Å². The smallest absolute Gasteiger partial charge is 0.407 e. The third kappa shape index (κ3) is 6.48. The standard InChI is InChI=1S/C14H18BrNO5/c1-14(2,3)21-13(19)16-6-7-20-11-8-9(15)4-5-10(11)12(17)18/h4-5,8H,6-7H2,1-3H3,(H,16,19)(H,17,18). The minimum absolute atomic E-state index is 0.0652. The molecule has 2 N–H and O–H groups in total. The molecule has 0 radical (unpaired) electrons. The average molecular weight is 360 g/mol. The second-order valence-corrected chi connectivity index (χ2v) is 6.14. The number of benzene rings is 1. The molecule has 0 aliphatic rings. The average Bonchev–Trinajstić information content (AvgIpc) is 2.32. The first kappa shape index (κ1) is 17.3. The van der Waals surface area contributed by atoms with E-state index in [1.54, 1.807) is 32.9 Å². The van der Waals surface area contributed by atoms with E-state index in [4.69, 9.17) is 14.6 Å². The van der Waals surface area contributed by atoms with Crippen LogP contribution in [0, 0.1) is 0 Å². The molecule has 1 aromatic rings. The molecule has 0 unspecified atom stereocenters. The number of amides is 1. The van der Waals surface area contributed by atoms with Crippen molar-refractivity contribution in [2.45, 2.75) is 26.4 Å². The van der Waals surface area contributed by atoms with Gasteiger partial charge in [-0.25, -0.2) is 9.59 Å². The fraction of sp³-hybridized carbons (Fsp3) is 0.429. The van der Waals surface area contributed by atoms with E-state index < -0.39 is 17.7 Å². The minimum Gasteiger partial charge on any atom is -0.491 e. The summed E-state index contributed by atoms with van der Waals surface area (Å²) in [5.74, 6) is -0.833. The summed E-state index contributed by atoms with van der Waals surface area (Å²) >= 11 is 3.25. The number of carboxylic acid groups (broad SMARTS) is 1. The van der Waals surface area contributed by atoms with Gasteiger partial charge in [-0.2, -0.15) is 0 Å². The quantitative estimate of drug-likeness (QED) is 0.789. The van der Waals surface area contributed by atoms with Gasteiger partial charge >= 0.3 is 12.1 Å². The van der Waals surface area contributed by atoms with Gasteiger partial charge in [-0.15, -0.1) is 0 Å². The Balaban J connectivity index is 2.48. The van der Waals surface area contributed by atoms with Crippen LogP contribution in [0.15, 0.2) is 22.7 Å². The molecule has 21 heavy (non-hydrogen) atoms. The predicted octanol–water partition coefficient (Wildman–Crippen LogP) is 3.05. The number of carbonyl (C=O) groups is 2. The van der Waals surface area contributed by atoms with Crippen LogP contribution in [0.4, 0.5) is 4.79 Å². The van der Waals surface area contributed by atoms with Crippen LogP contribution in [0.1, 0.15) is 31.1 Å². The lowest BCUT2D eigenvalue weighted by molar-refractivity contribution is 0.0518. The van der Waals surface area contributed by atoms with Gasteiger partial charge in [0.15, 0.2) is 0 Å². The zero-order valence-corrected chi connectivity index (χ0v) is 13.7. The molecule has 1 amide bonds. The Morgan fingerprint density at radius 1 is 1.33 bits per heavy atom. The molecule has 0 bridgehead atoms. The summed E-state index contributed by atoms with van der Waals surface area (Å²) in [7, 11) is 0. The van der Waals surface area contributed by atoms with E-state index in [-0.39, 0.29) is 24.5 Å². The molecule has 0 aliphatic carbocycles. The van der Waals surface area contributed by atoms with Crippen molar-refractivity contribution in [3.8, 4) is 5.75 Å². The number of halogens is 1. The minimum atomic E-state index is -1.07. The maximum absolute atomic E-state index is 11.4. The number of aromatic carboxylic acids is 1. The molecule has 0 heterocycles. The van der Waals surface area contributed by atoms with Crippen LogP contribution in [0.2, 0.25) is 0 Å². The summed E-state index contributed by atoms with van der Waals surface area (Å²) in [6.45, 7) is 5.65. The lowest BCUT2D eigenvalue weighted by Crippen LogP contribution is -2.34. The SMILES string of the molecule is CC(C)(C)OC(=O)NCCOc1cc(Br)ccc1C(=O)O. The summed E-state index contributed by atoms with van der Waals surface area (Å²) < 4.78 is 11.2. The Kier molecular flexibility index (Phi) is 6.02. The van der Waals surface area contributed by atoms with Crippen molar-refractivity contribution in [2.75, 3.05) is 13.2 Å². The summed E-state index contributed by atoms with van der Waals surface area (Å²) in [6.07, 6.45) is -0.543. The molecule has 6 nitrogen and oxygen atoms in total. The Hall–Kier alpha value is -1.76. The van der Waals surface area contributed by atoms with E-state index in [1.807, 2.05) is 0 Å². The van der Waals surface area contributed by atoms with Crippen molar-refractivity contribution < 1.29 is 24.2 Å². The number of hydrogen-bond donors (Lipinski definition) is 2. The van der Waals surface area contributed by atoms with Gasteiger partial charge in [-0.1, -0.05) is 15.9 Å². The van der Waals surface area contributed by atoms with Gasteiger partial charge in [0.05, 0.1) is 6.54 Å². The second kappa shape index (κ2) is 7.31. The van der Waals surface area contributed by atoms with Gasteiger partial charge in [-0.05, 0) is 39.0 Å². The van der Waals surface area contributed by atoms with Crippen LogP contribution in [-0.2, 0) is 4.74 Å².